The fourth-order valence-electron chi connectivity index (χ4n) is 6.85. The van der Waals surface area contributed by atoms with Crippen LogP contribution in [0.15, 0.2) is 0 Å². The molecule has 3 saturated heterocycles. The molecule has 1 saturated carbocycles. The predicted octanol–water partition coefficient (Wildman–Crippen LogP) is 1.57. The number of likely N-dealkylation sites (tertiary alicyclic amines) is 1. The highest BCUT2D eigenvalue weighted by molar-refractivity contribution is 7.99. The van der Waals surface area contributed by atoms with Crippen LogP contribution < -0.4 is 5.32 Å². The molecule has 0 aromatic carbocycles. The zero-order chi connectivity index (χ0) is 25.3. The third-order valence-electron chi connectivity index (χ3n) is 8.76. The van der Waals surface area contributed by atoms with Crippen LogP contribution in [0.25, 0.3) is 0 Å². The number of amides is 1. The number of hydrogen-bond donors (Lipinski definition) is 4. The monoisotopic (exact) mass is 534 g/mol. The minimum atomic E-state index is -1.39. The third kappa shape index (κ3) is 5.98. The van der Waals surface area contributed by atoms with E-state index in [9.17, 15) is 20.1 Å². The summed E-state index contributed by atoms with van der Waals surface area (Å²) < 4.78 is 12.2. The molecule has 0 spiro atoms. The number of fused-ring (bicyclic) bond motifs is 1. The second-order valence-electron chi connectivity index (χ2n) is 11.1. The van der Waals surface area contributed by atoms with Crippen molar-refractivity contribution < 1.29 is 29.6 Å². The van der Waals surface area contributed by atoms with Gasteiger partial charge in [0.05, 0.1) is 17.5 Å². The van der Waals surface area contributed by atoms with E-state index in [0.717, 1.165) is 25.3 Å². The first-order valence-corrected chi connectivity index (χ1v) is 14.9. The first-order chi connectivity index (χ1) is 16.7. The first kappa shape index (κ1) is 27.9. The smallest absolute Gasteiger partial charge is 0.240 e. The number of carbonyl (C=O) groups is 1. The molecule has 0 aromatic rings. The van der Waals surface area contributed by atoms with E-state index in [4.69, 9.17) is 21.1 Å². The van der Waals surface area contributed by atoms with Gasteiger partial charge in [-0.2, -0.15) is 0 Å². The number of alkyl halides is 1. The molecule has 4 aliphatic rings. The molecule has 4 N–H and O–H groups in total. The molecule has 3 unspecified atom stereocenters. The van der Waals surface area contributed by atoms with E-state index < -0.39 is 47.3 Å². The van der Waals surface area contributed by atoms with E-state index in [2.05, 4.69) is 10.2 Å². The summed E-state index contributed by atoms with van der Waals surface area (Å²) in [5.41, 5.74) is -0.728. The molecule has 3 heterocycles. The van der Waals surface area contributed by atoms with E-state index in [1.165, 1.54) is 43.9 Å². The Hall–Kier alpha value is -0.130. The van der Waals surface area contributed by atoms with E-state index >= 15 is 0 Å². The van der Waals surface area contributed by atoms with E-state index in [1.54, 1.807) is 13.2 Å². The Kier molecular flexibility index (Phi) is 9.69. The van der Waals surface area contributed by atoms with Gasteiger partial charge in [-0.25, -0.2) is 0 Å². The van der Waals surface area contributed by atoms with Crippen LogP contribution in [0, 0.1) is 17.8 Å². The number of likely N-dealkylation sites (N-methyl/N-ethyl adjacent to an activating group) is 1. The molecule has 202 valence electrons. The van der Waals surface area contributed by atoms with Gasteiger partial charge in [0, 0.05) is 19.1 Å². The highest BCUT2D eigenvalue weighted by atomic mass is 35.5. The number of nitrogens with zero attached hydrogens (tertiary/aromatic N) is 1. The zero-order valence-electron chi connectivity index (χ0n) is 21.1. The lowest BCUT2D eigenvalue weighted by atomic mass is 9.75. The summed E-state index contributed by atoms with van der Waals surface area (Å²) in [7, 11) is 1.97. The van der Waals surface area contributed by atoms with Gasteiger partial charge >= 0.3 is 0 Å². The van der Waals surface area contributed by atoms with Crippen LogP contribution in [-0.2, 0) is 14.3 Å². The van der Waals surface area contributed by atoms with Crippen LogP contribution in [0.5, 0.6) is 0 Å². The number of nitrogens with one attached hydrogen (secondary N) is 1. The maximum absolute atomic E-state index is 13.6. The average Bonchev–Trinajstić information content (AvgIpc) is 3.01. The largest absolute Gasteiger partial charge is 0.388 e. The number of rotatable bonds is 6. The van der Waals surface area contributed by atoms with Gasteiger partial charge in [0.25, 0.3) is 0 Å². The summed E-state index contributed by atoms with van der Waals surface area (Å²) in [6, 6.07) is -1.19. The highest BCUT2D eigenvalue weighted by Gasteiger charge is 2.51. The molecule has 4 rings (SSSR count). The van der Waals surface area contributed by atoms with Crippen LogP contribution in [0.4, 0.5) is 0 Å². The molecule has 0 bridgehead atoms. The van der Waals surface area contributed by atoms with E-state index in [0.29, 0.717) is 18.4 Å². The normalized spacial score (nSPS) is 43.2. The van der Waals surface area contributed by atoms with Gasteiger partial charge in [-0.3, -0.25) is 9.69 Å². The molecule has 4 fully saturated rings. The summed E-state index contributed by atoms with van der Waals surface area (Å²) in [6.45, 7) is 3.22. The molecular formula is C25H43ClN2O6S. The second-order valence-corrected chi connectivity index (χ2v) is 12.7. The standard InChI is InChI=1S/C25H43ClN2O6S/c1-13(26)17(23-20(30)19(29)21(31)25(34-23)35-3)27-24(32)18-22-16(12-28(18)2)11-15(9-10-33-22)14-7-5-4-6-8-14/h13-23,25,29-31H,4-12H2,1-3H3,(H,27,32)/t13-,15+,16-,17+,18-,19?,20?,21+,22+,23+,25?/m0/s1. The maximum atomic E-state index is 13.6. The number of aliphatic hydroxyl groups is 3. The molecule has 0 aromatic heterocycles. The van der Waals surface area contributed by atoms with Crippen molar-refractivity contribution in [3.8, 4) is 0 Å². The predicted molar refractivity (Wildman–Crippen MR) is 136 cm³/mol. The Morgan fingerprint density at radius 3 is 2.43 bits per heavy atom. The Balaban J connectivity index is 1.45. The number of ether oxygens (including phenoxy) is 2. The Morgan fingerprint density at radius 1 is 1.06 bits per heavy atom. The number of thioether (sulfide) groups is 1. The van der Waals surface area contributed by atoms with Crippen molar-refractivity contribution >= 4 is 29.3 Å². The fourth-order valence-corrected chi connectivity index (χ4v) is 7.74. The Labute approximate surface area is 218 Å². The topological polar surface area (TPSA) is 111 Å². The van der Waals surface area contributed by atoms with E-state index in [1.807, 2.05) is 7.05 Å². The van der Waals surface area contributed by atoms with Gasteiger partial charge in [-0.05, 0) is 44.9 Å². The van der Waals surface area contributed by atoms with E-state index in [-0.39, 0.29) is 12.0 Å². The minimum Gasteiger partial charge on any atom is -0.388 e. The van der Waals surface area contributed by atoms with Gasteiger partial charge < -0.3 is 30.1 Å². The zero-order valence-corrected chi connectivity index (χ0v) is 22.7. The summed E-state index contributed by atoms with van der Waals surface area (Å²) >= 11 is 7.71. The van der Waals surface area contributed by atoms with Crippen molar-refractivity contribution in [1.82, 2.24) is 10.2 Å². The Morgan fingerprint density at radius 2 is 1.77 bits per heavy atom. The van der Waals surface area contributed by atoms with Crippen LogP contribution in [-0.4, -0.2) is 106 Å². The lowest BCUT2D eigenvalue weighted by Gasteiger charge is -2.44. The first-order valence-electron chi connectivity index (χ1n) is 13.2. The SMILES string of the molecule is CSC1O[C@H]([C@H](NC(=O)[C@@H]2[C@@H]3OCC[C@@H](C4CCCCC4)C[C@H]3CN2C)[C@H](C)Cl)C(O)C(O)[C@H]1O. The molecule has 3 aliphatic heterocycles. The van der Waals surface area contributed by atoms with Crippen molar-refractivity contribution in [3.63, 3.8) is 0 Å². The summed E-state index contributed by atoms with van der Waals surface area (Å²) in [5, 5.41) is 33.7. The van der Waals surface area contributed by atoms with Crippen molar-refractivity contribution in [1.29, 1.82) is 0 Å². The molecule has 1 amide bonds. The number of carbonyl (C=O) groups excluding carboxylic acids is 1. The highest BCUT2D eigenvalue weighted by Crippen LogP contribution is 2.41. The second kappa shape index (κ2) is 12.2. The Bertz CT molecular complexity index is 711. The summed E-state index contributed by atoms with van der Waals surface area (Å²) in [5.74, 6) is 1.55. The fraction of sp³-hybridized carbons (Fsp3) is 0.960. The lowest BCUT2D eigenvalue weighted by Crippen LogP contribution is -2.65. The average molecular weight is 535 g/mol. The molecule has 0 radical (unpaired) electrons. The number of aliphatic hydroxyl groups excluding tert-OH is 3. The van der Waals surface area contributed by atoms with Crippen molar-refractivity contribution in [2.45, 2.75) is 105 Å². The number of hydrogen-bond acceptors (Lipinski definition) is 8. The maximum Gasteiger partial charge on any atom is 0.240 e. The van der Waals surface area contributed by atoms with Crippen molar-refractivity contribution in [3.05, 3.63) is 0 Å². The van der Waals surface area contributed by atoms with Gasteiger partial charge in [-0.15, -0.1) is 23.4 Å². The molecule has 8 nitrogen and oxygen atoms in total. The summed E-state index contributed by atoms with van der Waals surface area (Å²) in [4.78, 5) is 15.7. The van der Waals surface area contributed by atoms with Gasteiger partial charge in [0.1, 0.15) is 35.9 Å². The quantitative estimate of drug-likeness (QED) is 0.380. The molecule has 1 aliphatic carbocycles. The molecule has 11 atom stereocenters. The third-order valence-corrected chi connectivity index (χ3v) is 9.89. The van der Waals surface area contributed by atoms with Crippen LogP contribution in [0.1, 0.15) is 51.9 Å². The molecule has 10 heteroatoms. The number of halogens is 1. The van der Waals surface area contributed by atoms with Gasteiger partial charge in [0.2, 0.25) is 5.91 Å². The minimum absolute atomic E-state index is 0.177. The molecule has 35 heavy (non-hydrogen) atoms. The van der Waals surface area contributed by atoms with Crippen LogP contribution in [0.2, 0.25) is 0 Å². The summed E-state index contributed by atoms with van der Waals surface area (Å²) in [6.07, 6.45) is 5.45. The van der Waals surface area contributed by atoms with Crippen molar-refractivity contribution in [2.75, 3.05) is 26.5 Å². The van der Waals surface area contributed by atoms with Crippen LogP contribution in [0.3, 0.4) is 0 Å². The molecular weight excluding hydrogens is 492 g/mol. The van der Waals surface area contributed by atoms with Gasteiger partial charge in [0.15, 0.2) is 0 Å². The van der Waals surface area contributed by atoms with Crippen molar-refractivity contribution in [2.24, 2.45) is 17.8 Å². The van der Waals surface area contributed by atoms with Crippen LogP contribution >= 0.6 is 23.4 Å². The lowest BCUT2D eigenvalue weighted by molar-refractivity contribution is -0.205. The van der Waals surface area contributed by atoms with Gasteiger partial charge in [-0.1, -0.05) is 32.1 Å².